The van der Waals surface area contributed by atoms with Crippen molar-refractivity contribution in [1.82, 2.24) is 24.5 Å². The average Bonchev–Trinajstić information content (AvgIpc) is 3.78. The number of aliphatic hydroxyl groups excluding tert-OH is 1. The minimum Gasteiger partial charge on any atom is -0.443 e. The number of aliphatic hydroxyl groups is 1. The number of nitrogens with one attached hydrogen (secondary N) is 2. The Morgan fingerprint density at radius 1 is 1.33 bits per heavy atom. The molecule has 0 aliphatic heterocycles. The molecule has 0 saturated heterocycles. The number of fused-ring (bicyclic) bond motifs is 1. The number of halogens is 1. The molecule has 39 heavy (non-hydrogen) atoms. The maximum absolute atomic E-state index is 13.7. The highest BCUT2D eigenvalue weighted by Crippen LogP contribution is 2.44. The van der Waals surface area contributed by atoms with Crippen LogP contribution in [0.5, 0.6) is 0 Å². The first kappa shape index (κ1) is 26.6. The van der Waals surface area contributed by atoms with Gasteiger partial charge in [-0.15, -0.1) is 0 Å². The highest BCUT2D eigenvalue weighted by molar-refractivity contribution is 6.00. The molecule has 0 aromatic carbocycles. The maximum atomic E-state index is 13.7. The van der Waals surface area contributed by atoms with Gasteiger partial charge in [0.05, 0.1) is 18.8 Å². The Labute approximate surface area is 223 Å². The zero-order valence-corrected chi connectivity index (χ0v) is 22.3. The highest BCUT2D eigenvalue weighted by atomic mass is 19.1. The van der Waals surface area contributed by atoms with E-state index in [0.717, 1.165) is 12.8 Å². The molecule has 3 aromatic rings. The van der Waals surface area contributed by atoms with E-state index in [9.17, 15) is 23.9 Å². The maximum Gasteiger partial charge on any atom is 0.415 e. The van der Waals surface area contributed by atoms with Crippen molar-refractivity contribution in [3.63, 3.8) is 0 Å². The van der Waals surface area contributed by atoms with Crippen LogP contribution in [0.1, 0.15) is 56.4 Å². The summed E-state index contributed by atoms with van der Waals surface area (Å²) in [6.45, 7) is 5.52. The summed E-state index contributed by atoms with van der Waals surface area (Å²) in [6.07, 6.45) is 3.10. The second-order valence-corrected chi connectivity index (χ2v) is 11.3. The minimum atomic E-state index is -1.06. The third kappa shape index (κ3) is 5.44. The Bertz CT molecular complexity index is 1490. The molecule has 13 heteroatoms. The van der Waals surface area contributed by atoms with Gasteiger partial charge in [0, 0.05) is 37.7 Å². The number of nitrogens with zero attached hydrogens (tertiary/aromatic N) is 5. The van der Waals surface area contributed by atoms with Gasteiger partial charge in [-0.1, -0.05) is 0 Å². The molecule has 2 amide bonds. The molecule has 2 saturated carbocycles. The Morgan fingerprint density at radius 2 is 2.05 bits per heavy atom. The molecule has 0 bridgehead atoms. The molecule has 0 spiro atoms. The van der Waals surface area contributed by atoms with Crippen LogP contribution in [0.15, 0.2) is 35.4 Å². The number of hydrogen-bond donors (Lipinski definition) is 3. The Hall–Kier alpha value is -4.00. The third-order valence-corrected chi connectivity index (χ3v) is 6.90. The van der Waals surface area contributed by atoms with Gasteiger partial charge in [-0.2, -0.15) is 9.61 Å². The van der Waals surface area contributed by atoms with E-state index in [4.69, 9.17) is 4.74 Å². The van der Waals surface area contributed by atoms with Crippen LogP contribution < -0.4 is 21.1 Å². The highest BCUT2D eigenvalue weighted by Gasteiger charge is 2.42. The van der Waals surface area contributed by atoms with Gasteiger partial charge in [0.1, 0.15) is 34.7 Å². The van der Waals surface area contributed by atoms with E-state index in [2.05, 4.69) is 20.7 Å². The average molecular weight is 542 g/mol. The lowest BCUT2D eigenvalue weighted by atomic mass is 10.1. The van der Waals surface area contributed by atoms with E-state index in [1.807, 2.05) is 0 Å². The van der Waals surface area contributed by atoms with Gasteiger partial charge >= 0.3 is 6.09 Å². The van der Waals surface area contributed by atoms with E-state index in [-0.39, 0.29) is 47.0 Å². The van der Waals surface area contributed by atoms with Crippen molar-refractivity contribution in [2.24, 2.45) is 5.41 Å². The lowest BCUT2D eigenvalue weighted by Gasteiger charge is -2.25. The number of carbonyl (C=O) groups excluding carboxylic acids is 2. The summed E-state index contributed by atoms with van der Waals surface area (Å²) in [7, 11) is 1.50. The van der Waals surface area contributed by atoms with Crippen LogP contribution in [0, 0.1) is 5.41 Å². The first-order valence-electron chi connectivity index (χ1n) is 12.8. The molecule has 0 radical (unpaired) electrons. The van der Waals surface area contributed by atoms with Crippen LogP contribution >= 0.6 is 0 Å². The molecule has 3 aromatic heterocycles. The van der Waals surface area contributed by atoms with Crippen molar-refractivity contribution in [2.75, 3.05) is 30.4 Å². The second-order valence-electron chi connectivity index (χ2n) is 11.3. The Balaban J connectivity index is 1.52. The molecule has 5 rings (SSSR count). The van der Waals surface area contributed by atoms with Gasteiger partial charge in [-0.05, 0) is 45.7 Å². The molecule has 2 atom stereocenters. The fraction of sp³-hybridized carbons (Fsp3) is 0.500. The SMILES string of the molecule is CN(C(=O)OC(C)(C)C)c1cc(Nc2cccn([C@H]3C[C@@H]3F)c2=O)nc2c(C(=O)NCC3(CO)CC3)cnn12. The van der Waals surface area contributed by atoms with Crippen LogP contribution in [0.2, 0.25) is 0 Å². The fourth-order valence-electron chi connectivity index (χ4n) is 4.21. The lowest BCUT2D eigenvalue weighted by molar-refractivity contribution is 0.0587. The quantitative estimate of drug-likeness (QED) is 0.395. The van der Waals surface area contributed by atoms with Crippen molar-refractivity contribution < 1.29 is 23.8 Å². The smallest absolute Gasteiger partial charge is 0.415 e. The summed E-state index contributed by atoms with van der Waals surface area (Å²) in [5, 5.41) is 19.7. The van der Waals surface area contributed by atoms with E-state index in [1.54, 1.807) is 32.9 Å². The van der Waals surface area contributed by atoms with Gasteiger partial charge < -0.3 is 25.0 Å². The zero-order chi connectivity index (χ0) is 28.1. The first-order chi connectivity index (χ1) is 18.4. The number of ether oxygens (including phenoxy) is 1. The summed E-state index contributed by atoms with van der Waals surface area (Å²) in [5.74, 6) is -0.0453. The number of aromatic nitrogens is 4. The third-order valence-electron chi connectivity index (χ3n) is 6.90. The van der Waals surface area contributed by atoms with E-state index in [0.29, 0.717) is 6.54 Å². The van der Waals surface area contributed by atoms with Crippen LogP contribution in [-0.4, -0.2) is 68.2 Å². The first-order valence-corrected chi connectivity index (χ1v) is 12.8. The van der Waals surface area contributed by atoms with E-state index >= 15 is 0 Å². The van der Waals surface area contributed by atoms with Crippen LogP contribution in [0.3, 0.4) is 0 Å². The van der Waals surface area contributed by atoms with Crippen LogP contribution in [-0.2, 0) is 4.74 Å². The van der Waals surface area contributed by atoms with Gasteiger partial charge in [0.2, 0.25) is 0 Å². The normalized spacial score (nSPS) is 19.4. The summed E-state index contributed by atoms with van der Waals surface area (Å²) in [4.78, 5) is 44.8. The number of rotatable bonds is 8. The predicted octanol–water partition coefficient (Wildman–Crippen LogP) is 2.79. The van der Waals surface area contributed by atoms with Crippen LogP contribution in [0.4, 0.5) is 26.5 Å². The molecule has 3 heterocycles. The van der Waals surface area contributed by atoms with E-state index in [1.165, 1.54) is 39.5 Å². The number of alkyl halides is 1. The lowest BCUT2D eigenvalue weighted by Crippen LogP contribution is -2.35. The number of carbonyl (C=O) groups is 2. The van der Waals surface area contributed by atoms with Crippen molar-refractivity contribution in [2.45, 2.75) is 57.8 Å². The van der Waals surface area contributed by atoms with Crippen molar-refractivity contribution in [3.8, 4) is 0 Å². The molecular weight excluding hydrogens is 509 g/mol. The second kappa shape index (κ2) is 9.63. The largest absolute Gasteiger partial charge is 0.443 e. The van der Waals surface area contributed by atoms with E-state index < -0.39 is 35.4 Å². The minimum absolute atomic E-state index is 0.0161. The standard InChI is InChI=1S/C26H32FN7O5/c1-25(2,3)39-24(38)32(4)20-11-19(30-17-6-5-9-33(23(17)37)18-10-16(18)27)31-21-15(12-29-34(20)21)22(36)28-13-26(14-35)7-8-26/h5-6,9,11-12,16,18,35H,7-8,10,13-14H2,1-4H3,(H,28,36)(H,30,31)/t16-,18-/m0/s1. The summed E-state index contributed by atoms with van der Waals surface area (Å²) < 4.78 is 21.8. The van der Waals surface area contributed by atoms with Crippen LogP contribution in [0.25, 0.3) is 5.65 Å². The van der Waals surface area contributed by atoms with Gasteiger partial charge in [0.25, 0.3) is 11.5 Å². The molecule has 208 valence electrons. The molecule has 2 aliphatic carbocycles. The van der Waals surface area contributed by atoms with Gasteiger partial charge in [-0.3, -0.25) is 14.5 Å². The summed E-state index contributed by atoms with van der Waals surface area (Å²) >= 11 is 0. The molecule has 3 N–H and O–H groups in total. The van der Waals surface area contributed by atoms with Crippen molar-refractivity contribution in [3.05, 3.63) is 46.5 Å². The van der Waals surface area contributed by atoms with Gasteiger partial charge in [-0.25, -0.2) is 14.2 Å². The predicted molar refractivity (Wildman–Crippen MR) is 141 cm³/mol. The molecule has 12 nitrogen and oxygen atoms in total. The summed E-state index contributed by atoms with van der Waals surface area (Å²) in [5.41, 5.74) is -1.03. The molecule has 2 aliphatic rings. The number of hydrogen-bond acceptors (Lipinski definition) is 8. The van der Waals surface area contributed by atoms with Crippen molar-refractivity contribution >= 4 is 35.0 Å². The van der Waals surface area contributed by atoms with Crippen molar-refractivity contribution in [1.29, 1.82) is 0 Å². The summed E-state index contributed by atoms with van der Waals surface area (Å²) in [6, 6.07) is 4.18. The Morgan fingerprint density at radius 3 is 2.67 bits per heavy atom. The molecule has 2 fully saturated rings. The van der Waals surface area contributed by atoms with Gasteiger partial charge in [0.15, 0.2) is 5.65 Å². The monoisotopic (exact) mass is 541 g/mol. The molecule has 0 unspecified atom stereocenters. The number of pyridine rings is 1. The number of amides is 2. The zero-order valence-electron chi connectivity index (χ0n) is 22.3. The number of anilines is 3. The fourth-order valence-corrected chi connectivity index (χ4v) is 4.21. The molecular formula is C26H32FN7O5. The topological polar surface area (TPSA) is 143 Å². The Kier molecular flexibility index (Phi) is 6.57.